The van der Waals surface area contributed by atoms with E-state index >= 15 is 0 Å². The van der Waals surface area contributed by atoms with Crippen molar-refractivity contribution in [1.82, 2.24) is 14.9 Å². The zero-order valence-electron chi connectivity index (χ0n) is 9.69. The van der Waals surface area contributed by atoms with E-state index in [9.17, 15) is 4.79 Å². The number of anilines is 1. The van der Waals surface area contributed by atoms with Crippen LogP contribution in [0.3, 0.4) is 0 Å². The van der Waals surface area contributed by atoms with E-state index in [2.05, 4.69) is 15.3 Å². The standard InChI is InChI=1S/C10H16N4O2/c1-7-8(10(15)16)12-6-13-9(7)11-4-5-14(2)3/h6H,4-5H2,1-3H3,(H,15,16)(H,11,12,13). The number of carboxylic acids is 1. The predicted octanol–water partition coefficient (Wildman–Crippen LogP) is 0.457. The highest BCUT2D eigenvalue weighted by Gasteiger charge is 2.12. The zero-order valence-corrected chi connectivity index (χ0v) is 9.69. The number of aromatic carboxylic acids is 1. The number of hydrogen-bond donors (Lipinski definition) is 2. The van der Waals surface area contributed by atoms with Crippen molar-refractivity contribution in [2.24, 2.45) is 0 Å². The Kier molecular flexibility index (Phi) is 4.19. The minimum atomic E-state index is -1.03. The molecule has 0 fully saturated rings. The van der Waals surface area contributed by atoms with Gasteiger partial charge in [0.05, 0.1) is 0 Å². The molecule has 1 rings (SSSR count). The van der Waals surface area contributed by atoms with Crippen molar-refractivity contribution >= 4 is 11.8 Å². The molecule has 1 aromatic heterocycles. The summed E-state index contributed by atoms with van der Waals surface area (Å²) in [7, 11) is 3.94. The molecule has 0 amide bonds. The van der Waals surface area contributed by atoms with Crippen molar-refractivity contribution in [3.63, 3.8) is 0 Å². The molecule has 6 nitrogen and oxygen atoms in total. The first-order valence-electron chi connectivity index (χ1n) is 4.96. The summed E-state index contributed by atoms with van der Waals surface area (Å²) in [5, 5.41) is 12.0. The average molecular weight is 224 g/mol. The van der Waals surface area contributed by atoms with Crippen LogP contribution in [0.4, 0.5) is 5.82 Å². The number of aromatic nitrogens is 2. The first-order chi connectivity index (χ1) is 7.52. The van der Waals surface area contributed by atoms with E-state index in [0.717, 1.165) is 6.54 Å². The normalized spacial score (nSPS) is 10.5. The van der Waals surface area contributed by atoms with E-state index in [1.165, 1.54) is 6.33 Å². The van der Waals surface area contributed by atoms with E-state index in [4.69, 9.17) is 5.11 Å². The summed E-state index contributed by atoms with van der Waals surface area (Å²) in [6, 6.07) is 0. The second kappa shape index (κ2) is 5.41. The summed E-state index contributed by atoms with van der Waals surface area (Å²) >= 11 is 0. The molecule has 0 atom stereocenters. The number of nitrogens with one attached hydrogen (secondary N) is 1. The van der Waals surface area contributed by atoms with Crippen molar-refractivity contribution in [2.75, 3.05) is 32.5 Å². The molecule has 0 spiro atoms. The van der Waals surface area contributed by atoms with Gasteiger partial charge in [-0.25, -0.2) is 14.8 Å². The second-order valence-electron chi connectivity index (χ2n) is 3.73. The van der Waals surface area contributed by atoms with Gasteiger partial charge >= 0.3 is 5.97 Å². The Morgan fingerprint density at radius 2 is 2.19 bits per heavy atom. The maximum absolute atomic E-state index is 10.8. The van der Waals surface area contributed by atoms with Gasteiger partial charge in [0.15, 0.2) is 5.69 Å². The van der Waals surface area contributed by atoms with Gasteiger partial charge in [-0.15, -0.1) is 0 Å². The van der Waals surface area contributed by atoms with Gasteiger partial charge in [-0.3, -0.25) is 0 Å². The fourth-order valence-corrected chi connectivity index (χ4v) is 1.24. The molecule has 0 aliphatic carbocycles. The molecule has 0 radical (unpaired) electrons. The molecule has 1 aromatic rings. The highest BCUT2D eigenvalue weighted by atomic mass is 16.4. The summed E-state index contributed by atoms with van der Waals surface area (Å²) in [6.45, 7) is 3.26. The third kappa shape index (κ3) is 3.16. The Bertz CT molecular complexity index is 379. The lowest BCUT2D eigenvalue weighted by Gasteiger charge is -2.12. The fraction of sp³-hybridized carbons (Fsp3) is 0.500. The van der Waals surface area contributed by atoms with Crippen molar-refractivity contribution in [3.8, 4) is 0 Å². The van der Waals surface area contributed by atoms with Gasteiger partial charge in [0.2, 0.25) is 0 Å². The number of nitrogens with zero attached hydrogens (tertiary/aromatic N) is 3. The SMILES string of the molecule is Cc1c(NCCN(C)C)ncnc1C(=O)O. The van der Waals surface area contributed by atoms with Crippen LogP contribution in [0, 0.1) is 6.92 Å². The Balaban J connectivity index is 2.73. The molecule has 88 valence electrons. The van der Waals surface area contributed by atoms with E-state index in [-0.39, 0.29) is 5.69 Å². The van der Waals surface area contributed by atoms with Crippen LogP contribution in [-0.2, 0) is 0 Å². The number of hydrogen-bond acceptors (Lipinski definition) is 5. The van der Waals surface area contributed by atoms with Gasteiger partial charge in [0.25, 0.3) is 0 Å². The lowest BCUT2D eigenvalue weighted by atomic mass is 10.2. The topological polar surface area (TPSA) is 78.3 Å². The van der Waals surface area contributed by atoms with Crippen LogP contribution < -0.4 is 5.32 Å². The third-order valence-corrected chi connectivity index (χ3v) is 2.14. The van der Waals surface area contributed by atoms with Crippen LogP contribution in [0.25, 0.3) is 0 Å². The zero-order chi connectivity index (χ0) is 12.1. The summed E-state index contributed by atoms with van der Waals surface area (Å²) in [6.07, 6.45) is 1.26. The molecule has 0 aliphatic rings. The first-order valence-corrected chi connectivity index (χ1v) is 4.96. The Morgan fingerprint density at radius 3 is 2.75 bits per heavy atom. The summed E-state index contributed by atoms with van der Waals surface area (Å²) in [5.74, 6) is -0.454. The summed E-state index contributed by atoms with van der Waals surface area (Å²) in [5.41, 5.74) is 0.608. The Morgan fingerprint density at radius 1 is 1.50 bits per heavy atom. The molecule has 0 unspecified atom stereocenters. The maximum Gasteiger partial charge on any atom is 0.354 e. The summed E-state index contributed by atoms with van der Waals surface area (Å²) in [4.78, 5) is 20.6. The van der Waals surface area contributed by atoms with Crippen molar-refractivity contribution in [3.05, 3.63) is 17.6 Å². The fourth-order valence-electron chi connectivity index (χ4n) is 1.24. The van der Waals surface area contributed by atoms with Crippen LogP contribution in [0.2, 0.25) is 0 Å². The lowest BCUT2D eigenvalue weighted by molar-refractivity contribution is 0.0689. The highest BCUT2D eigenvalue weighted by molar-refractivity contribution is 5.88. The molecule has 6 heteroatoms. The number of carboxylic acid groups (broad SMARTS) is 1. The first kappa shape index (κ1) is 12.4. The second-order valence-corrected chi connectivity index (χ2v) is 3.73. The largest absolute Gasteiger partial charge is 0.476 e. The van der Waals surface area contributed by atoms with Gasteiger partial charge in [0.1, 0.15) is 12.1 Å². The van der Waals surface area contributed by atoms with Crippen molar-refractivity contribution < 1.29 is 9.90 Å². The minimum Gasteiger partial charge on any atom is -0.476 e. The van der Waals surface area contributed by atoms with Crippen LogP contribution >= 0.6 is 0 Å². The predicted molar refractivity (Wildman–Crippen MR) is 60.8 cm³/mol. The van der Waals surface area contributed by atoms with Gasteiger partial charge in [-0.05, 0) is 21.0 Å². The van der Waals surface area contributed by atoms with E-state index in [0.29, 0.717) is 17.9 Å². The lowest BCUT2D eigenvalue weighted by Crippen LogP contribution is -2.22. The Labute approximate surface area is 94.3 Å². The molecule has 0 aliphatic heterocycles. The van der Waals surface area contributed by atoms with Crippen LogP contribution in [0.1, 0.15) is 16.1 Å². The van der Waals surface area contributed by atoms with Gasteiger partial charge in [-0.1, -0.05) is 0 Å². The number of carbonyl (C=O) groups is 1. The molecule has 0 aromatic carbocycles. The highest BCUT2D eigenvalue weighted by Crippen LogP contribution is 2.12. The molecule has 1 heterocycles. The van der Waals surface area contributed by atoms with Gasteiger partial charge in [-0.2, -0.15) is 0 Å². The summed E-state index contributed by atoms with van der Waals surface area (Å²) < 4.78 is 0. The molecule has 16 heavy (non-hydrogen) atoms. The van der Waals surface area contributed by atoms with Crippen LogP contribution in [0.15, 0.2) is 6.33 Å². The van der Waals surface area contributed by atoms with Gasteiger partial charge < -0.3 is 15.3 Å². The number of likely N-dealkylation sites (N-methyl/N-ethyl adjacent to an activating group) is 1. The quantitative estimate of drug-likeness (QED) is 0.756. The van der Waals surface area contributed by atoms with Crippen LogP contribution in [-0.4, -0.2) is 53.1 Å². The minimum absolute atomic E-state index is 0.0438. The smallest absolute Gasteiger partial charge is 0.354 e. The molecular weight excluding hydrogens is 208 g/mol. The monoisotopic (exact) mass is 224 g/mol. The molecule has 0 bridgehead atoms. The Hall–Kier alpha value is -1.69. The molecular formula is C10H16N4O2. The maximum atomic E-state index is 10.8. The van der Waals surface area contributed by atoms with Crippen molar-refractivity contribution in [2.45, 2.75) is 6.92 Å². The van der Waals surface area contributed by atoms with E-state index in [1.807, 2.05) is 19.0 Å². The third-order valence-electron chi connectivity index (χ3n) is 2.14. The van der Waals surface area contributed by atoms with Crippen molar-refractivity contribution in [1.29, 1.82) is 0 Å². The van der Waals surface area contributed by atoms with Crippen LogP contribution in [0.5, 0.6) is 0 Å². The number of rotatable bonds is 5. The van der Waals surface area contributed by atoms with E-state index in [1.54, 1.807) is 6.92 Å². The molecule has 0 saturated carbocycles. The van der Waals surface area contributed by atoms with E-state index < -0.39 is 5.97 Å². The molecule has 2 N–H and O–H groups in total. The van der Waals surface area contributed by atoms with Gasteiger partial charge in [0, 0.05) is 18.7 Å². The molecule has 0 saturated heterocycles. The average Bonchev–Trinajstić information content (AvgIpc) is 2.19.